The molecule has 7 heteroatoms. The first-order valence-electron chi connectivity index (χ1n) is 7.80. The van der Waals surface area contributed by atoms with Gasteiger partial charge < -0.3 is 10.6 Å². The van der Waals surface area contributed by atoms with Crippen LogP contribution in [0.2, 0.25) is 0 Å². The van der Waals surface area contributed by atoms with Gasteiger partial charge in [-0.25, -0.2) is 4.99 Å². The molecular formula is C16H26IN5S. The smallest absolute Gasteiger partial charge is 0.191 e. The van der Waals surface area contributed by atoms with Gasteiger partial charge in [0.05, 0.1) is 19.3 Å². The molecule has 0 atom stereocenters. The van der Waals surface area contributed by atoms with Crippen LogP contribution in [0.3, 0.4) is 0 Å². The third-order valence-electron chi connectivity index (χ3n) is 3.20. The largest absolute Gasteiger partial charge is 0.357 e. The number of nitrogens with one attached hydrogen (secondary N) is 2. The monoisotopic (exact) mass is 447 g/mol. The van der Waals surface area contributed by atoms with Gasteiger partial charge in [-0.1, -0.05) is 6.92 Å². The maximum atomic E-state index is 4.64. The molecular weight excluding hydrogens is 421 g/mol. The van der Waals surface area contributed by atoms with E-state index in [1.807, 2.05) is 35.3 Å². The number of thiophene rings is 1. The zero-order valence-corrected chi connectivity index (χ0v) is 17.1. The van der Waals surface area contributed by atoms with Crippen LogP contribution >= 0.6 is 35.3 Å². The van der Waals surface area contributed by atoms with E-state index < -0.39 is 0 Å². The molecule has 2 rings (SSSR count). The molecule has 0 saturated heterocycles. The van der Waals surface area contributed by atoms with E-state index in [1.54, 1.807) is 0 Å². The topological polar surface area (TPSA) is 54.2 Å². The van der Waals surface area contributed by atoms with Crippen LogP contribution in [0, 0.1) is 6.92 Å². The van der Waals surface area contributed by atoms with Gasteiger partial charge in [-0.15, -0.1) is 35.3 Å². The van der Waals surface area contributed by atoms with E-state index in [9.17, 15) is 0 Å². The summed E-state index contributed by atoms with van der Waals surface area (Å²) in [6.07, 6.45) is 5.01. The first-order chi connectivity index (χ1) is 10.7. The van der Waals surface area contributed by atoms with Gasteiger partial charge in [0.2, 0.25) is 0 Å². The van der Waals surface area contributed by atoms with Gasteiger partial charge in [-0.3, -0.25) is 4.68 Å². The van der Waals surface area contributed by atoms with Gasteiger partial charge in [0.25, 0.3) is 0 Å². The average molecular weight is 447 g/mol. The fraction of sp³-hybridized carbons (Fsp3) is 0.500. The molecule has 0 amide bonds. The highest BCUT2D eigenvalue weighted by Crippen LogP contribution is 2.17. The SMILES string of the molecule is CCNC(=NCc1ccc(CC)s1)NCCn1cc(C)cn1.I. The van der Waals surface area contributed by atoms with E-state index in [4.69, 9.17) is 0 Å². The maximum absolute atomic E-state index is 4.64. The molecule has 2 aromatic heterocycles. The van der Waals surface area contributed by atoms with E-state index in [2.05, 4.69) is 46.7 Å². The van der Waals surface area contributed by atoms with E-state index in [1.165, 1.54) is 15.3 Å². The van der Waals surface area contributed by atoms with Crippen molar-refractivity contribution in [3.8, 4) is 0 Å². The van der Waals surface area contributed by atoms with Crippen LogP contribution in [0.25, 0.3) is 0 Å². The number of guanidine groups is 1. The minimum Gasteiger partial charge on any atom is -0.357 e. The summed E-state index contributed by atoms with van der Waals surface area (Å²) in [5.74, 6) is 0.859. The Bertz CT molecular complexity index is 605. The van der Waals surface area contributed by atoms with E-state index >= 15 is 0 Å². The lowest BCUT2D eigenvalue weighted by Gasteiger charge is -2.11. The molecule has 23 heavy (non-hydrogen) atoms. The Morgan fingerprint density at radius 1 is 1.26 bits per heavy atom. The van der Waals surface area contributed by atoms with Crippen LogP contribution in [-0.4, -0.2) is 28.8 Å². The summed E-state index contributed by atoms with van der Waals surface area (Å²) in [5.41, 5.74) is 1.19. The lowest BCUT2D eigenvalue weighted by atomic mass is 10.4. The highest BCUT2D eigenvalue weighted by molar-refractivity contribution is 14.0. The zero-order chi connectivity index (χ0) is 15.8. The van der Waals surface area contributed by atoms with Crippen molar-refractivity contribution in [2.45, 2.75) is 40.3 Å². The number of nitrogens with zero attached hydrogens (tertiary/aromatic N) is 3. The lowest BCUT2D eigenvalue weighted by molar-refractivity contribution is 0.597. The minimum absolute atomic E-state index is 0. The van der Waals surface area contributed by atoms with Crippen molar-refractivity contribution in [1.82, 2.24) is 20.4 Å². The molecule has 0 aliphatic carbocycles. The molecule has 0 fully saturated rings. The molecule has 2 heterocycles. The molecule has 0 bridgehead atoms. The molecule has 128 valence electrons. The maximum Gasteiger partial charge on any atom is 0.191 e. The number of aromatic nitrogens is 2. The zero-order valence-electron chi connectivity index (χ0n) is 14.0. The van der Waals surface area contributed by atoms with Gasteiger partial charge in [-0.2, -0.15) is 5.10 Å². The Labute approximate surface area is 159 Å². The third-order valence-corrected chi connectivity index (χ3v) is 4.41. The molecule has 2 aromatic rings. The number of aryl methyl sites for hydroxylation is 2. The Morgan fingerprint density at radius 3 is 2.65 bits per heavy atom. The molecule has 0 aromatic carbocycles. The summed E-state index contributed by atoms with van der Waals surface area (Å²) in [5, 5.41) is 10.9. The fourth-order valence-electron chi connectivity index (χ4n) is 2.07. The summed E-state index contributed by atoms with van der Waals surface area (Å²) in [6.45, 7) is 9.52. The van der Waals surface area contributed by atoms with Gasteiger partial charge in [0.1, 0.15) is 0 Å². The fourth-order valence-corrected chi connectivity index (χ4v) is 2.96. The predicted octanol–water partition coefficient (Wildman–Crippen LogP) is 3.19. The third kappa shape index (κ3) is 6.90. The second kappa shape index (κ2) is 10.6. The molecule has 0 aliphatic rings. The number of halogens is 1. The van der Waals surface area contributed by atoms with Crippen molar-refractivity contribution in [3.05, 3.63) is 39.8 Å². The molecule has 0 aliphatic heterocycles. The summed E-state index contributed by atoms with van der Waals surface area (Å²) in [4.78, 5) is 7.36. The molecule has 0 radical (unpaired) electrons. The van der Waals surface area contributed by atoms with Crippen molar-refractivity contribution in [1.29, 1.82) is 0 Å². The standard InChI is InChI=1S/C16H25N5S.HI/c1-4-14-6-7-15(22-14)11-19-16(17-5-2)18-8-9-21-12-13(3)10-20-21;/h6-7,10,12H,4-5,8-9,11H2,1-3H3,(H2,17,18,19);1H. The normalized spacial score (nSPS) is 11.2. The van der Waals surface area contributed by atoms with Crippen LogP contribution in [0.1, 0.15) is 29.2 Å². The first-order valence-corrected chi connectivity index (χ1v) is 8.61. The molecule has 0 spiro atoms. The average Bonchev–Trinajstić information content (AvgIpc) is 3.13. The van der Waals surface area contributed by atoms with Gasteiger partial charge >= 0.3 is 0 Å². The van der Waals surface area contributed by atoms with Crippen molar-refractivity contribution in [2.75, 3.05) is 13.1 Å². The molecule has 0 unspecified atom stereocenters. The first kappa shape index (κ1) is 20.0. The molecule has 5 nitrogen and oxygen atoms in total. The van der Waals surface area contributed by atoms with Crippen LogP contribution in [0.5, 0.6) is 0 Å². The molecule has 0 saturated carbocycles. The van der Waals surface area contributed by atoms with E-state index in [0.717, 1.165) is 38.6 Å². The summed E-state index contributed by atoms with van der Waals surface area (Å²) in [6, 6.07) is 4.36. The predicted molar refractivity (Wildman–Crippen MR) is 109 cm³/mol. The summed E-state index contributed by atoms with van der Waals surface area (Å²) < 4.78 is 1.94. The van der Waals surface area contributed by atoms with Crippen LogP contribution in [0.4, 0.5) is 0 Å². The van der Waals surface area contributed by atoms with Crippen LogP contribution < -0.4 is 10.6 Å². The highest BCUT2D eigenvalue weighted by atomic mass is 127. The number of aliphatic imine (C=N–C) groups is 1. The highest BCUT2D eigenvalue weighted by Gasteiger charge is 2.01. The Hall–Kier alpha value is -1.09. The Morgan fingerprint density at radius 2 is 2.04 bits per heavy atom. The Kier molecular flexibility index (Phi) is 9.23. The second-order valence-electron chi connectivity index (χ2n) is 5.12. The number of hydrogen-bond donors (Lipinski definition) is 2. The summed E-state index contributed by atoms with van der Waals surface area (Å²) in [7, 11) is 0. The van der Waals surface area contributed by atoms with Gasteiger partial charge in [0, 0.05) is 29.0 Å². The van der Waals surface area contributed by atoms with Crippen LogP contribution in [-0.2, 0) is 19.5 Å². The van der Waals surface area contributed by atoms with E-state index in [-0.39, 0.29) is 24.0 Å². The quantitative estimate of drug-likeness (QED) is 0.390. The van der Waals surface area contributed by atoms with Crippen molar-refractivity contribution in [2.24, 2.45) is 4.99 Å². The molecule has 2 N–H and O–H groups in total. The van der Waals surface area contributed by atoms with Gasteiger partial charge in [-0.05, 0) is 38.0 Å². The lowest BCUT2D eigenvalue weighted by Crippen LogP contribution is -2.38. The second-order valence-corrected chi connectivity index (χ2v) is 6.38. The van der Waals surface area contributed by atoms with E-state index in [0.29, 0.717) is 0 Å². The number of rotatable bonds is 7. The summed E-state index contributed by atoms with van der Waals surface area (Å²) >= 11 is 1.84. The van der Waals surface area contributed by atoms with Crippen molar-refractivity contribution >= 4 is 41.3 Å². The Balaban J connectivity index is 0.00000264. The minimum atomic E-state index is 0. The van der Waals surface area contributed by atoms with Gasteiger partial charge in [0.15, 0.2) is 5.96 Å². The number of hydrogen-bond acceptors (Lipinski definition) is 3. The van der Waals surface area contributed by atoms with Crippen molar-refractivity contribution < 1.29 is 0 Å². The van der Waals surface area contributed by atoms with Crippen LogP contribution in [0.15, 0.2) is 29.5 Å². The van der Waals surface area contributed by atoms with Crippen molar-refractivity contribution in [3.63, 3.8) is 0 Å².